The molecule has 1 saturated heterocycles. The van der Waals surface area contributed by atoms with Crippen LogP contribution in [0.5, 0.6) is 0 Å². The topological polar surface area (TPSA) is 29.0 Å². The molecule has 0 atom stereocenters. The van der Waals surface area contributed by atoms with Gasteiger partial charge in [-0.1, -0.05) is 20.8 Å². The van der Waals surface area contributed by atoms with E-state index in [-0.39, 0.29) is 18.4 Å². The zero-order valence-electron chi connectivity index (χ0n) is 11.8. The molecule has 2 rings (SSSR count). The quantitative estimate of drug-likeness (QED) is 0.826. The molecule has 106 valence electrons. The first-order chi connectivity index (χ1) is 8.76. The van der Waals surface area contributed by atoms with Gasteiger partial charge in [-0.05, 0) is 23.9 Å². The van der Waals surface area contributed by atoms with E-state index in [0.717, 1.165) is 5.56 Å². The van der Waals surface area contributed by atoms with Gasteiger partial charge in [0.05, 0.1) is 13.1 Å². The molecular weight excluding hydrogens is 248 g/mol. The molecule has 0 radical (unpaired) electrons. The van der Waals surface area contributed by atoms with Gasteiger partial charge in [0.2, 0.25) is 0 Å². The van der Waals surface area contributed by atoms with Crippen molar-refractivity contribution < 1.29 is 8.78 Å². The average molecular weight is 269 g/mol. The summed E-state index contributed by atoms with van der Waals surface area (Å²) in [7, 11) is 0. The first-order valence-electron chi connectivity index (χ1n) is 6.68. The molecule has 0 bridgehead atoms. The minimum Gasteiger partial charge on any atom is -0.290 e. The van der Waals surface area contributed by atoms with Crippen molar-refractivity contribution in [1.82, 2.24) is 14.9 Å². The fraction of sp³-hybridized carbons (Fsp3) is 0.714. The lowest BCUT2D eigenvalue weighted by molar-refractivity contribution is -0.0666. The van der Waals surface area contributed by atoms with E-state index in [9.17, 15) is 8.78 Å². The van der Waals surface area contributed by atoms with Crippen molar-refractivity contribution >= 4 is 0 Å². The first kappa shape index (κ1) is 14.3. The Bertz CT molecular complexity index is 423. The van der Waals surface area contributed by atoms with E-state index in [1.54, 1.807) is 17.3 Å². The third-order valence-corrected chi connectivity index (χ3v) is 3.41. The SMILES string of the molecule is CC(C)(C)c1cnc(CN2CCCC(F)(F)C2)nc1. The molecule has 1 aromatic heterocycles. The number of aromatic nitrogens is 2. The second-order valence-corrected chi connectivity index (χ2v) is 6.31. The van der Waals surface area contributed by atoms with E-state index in [1.807, 2.05) is 0 Å². The maximum atomic E-state index is 13.3. The molecule has 1 aromatic rings. The monoisotopic (exact) mass is 269 g/mol. The summed E-state index contributed by atoms with van der Waals surface area (Å²) in [5.74, 6) is -1.95. The minimum absolute atomic E-state index is 0.00663. The zero-order valence-corrected chi connectivity index (χ0v) is 11.8. The molecule has 5 heteroatoms. The number of likely N-dealkylation sites (tertiary alicyclic amines) is 1. The Labute approximate surface area is 113 Å². The highest BCUT2D eigenvalue weighted by atomic mass is 19.3. The number of rotatable bonds is 2. The summed E-state index contributed by atoms with van der Waals surface area (Å²) in [6.07, 6.45) is 4.12. The van der Waals surface area contributed by atoms with Gasteiger partial charge in [-0.25, -0.2) is 18.7 Å². The van der Waals surface area contributed by atoms with Gasteiger partial charge in [0, 0.05) is 18.8 Å². The Hall–Kier alpha value is -1.10. The Balaban J connectivity index is 2.00. The summed E-state index contributed by atoms with van der Waals surface area (Å²) in [6.45, 7) is 7.20. The van der Waals surface area contributed by atoms with Crippen LogP contribution in [0.25, 0.3) is 0 Å². The van der Waals surface area contributed by atoms with Crippen molar-refractivity contribution in [1.29, 1.82) is 0 Å². The molecule has 0 aromatic carbocycles. The highest BCUT2D eigenvalue weighted by Gasteiger charge is 2.35. The van der Waals surface area contributed by atoms with Crippen molar-refractivity contribution in [2.24, 2.45) is 0 Å². The molecule has 2 heterocycles. The number of nitrogens with zero attached hydrogens (tertiary/aromatic N) is 3. The van der Waals surface area contributed by atoms with Crippen LogP contribution in [0.15, 0.2) is 12.4 Å². The van der Waals surface area contributed by atoms with Gasteiger partial charge in [-0.15, -0.1) is 0 Å². The van der Waals surface area contributed by atoms with Crippen LogP contribution in [0.3, 0.4) is 0 Å². The Kier molecular flexibility index (Phi) is 3.85. The molecule has 3 nitrogen and oxygen atoms in total. The van der Waals surface area contributed by atoms with Crippen LogP contribution in [-0.4, -0.2) is 33.9 Å². The molecule has 0 spiro atoms. The van der Waals surface area contributed by atoms with E-state index >= 15 is 0 Å². The second kappa shape index (κ2) is 5.12. The van der Waals surface area contributed by atoms with E-state index in [4.69, 9.17) is 0 Å². The summed E-state index contributed by atoms with van der Waals surface area (Å²) < 4.78 is 26.6. The fourth-order valence-electron chi connectivity index (χ4n) is 2.21. The lowest BCUT2D eigenvalue weighted by Gasteiger charge is -2.31. The van der Waals surface area contributed by atoms with Crippen LogP contribution < -0.4 is 0 Å². The van der Waals surface area contributed by atoms with Crippen LogP contribution in [0, 0.1) is 0 Å². The standard InChI is InChI=1S/C14H21F2N3/c1-13(2,3)11-7-17-12(18-8-11)9-19-6-4-5-14(15,16)10-19/h7-8H,4-6,9-10H2,1-3H3. The van der Waals surface area contributed by atoms with E-state index in [0.29, 0.717) is 25.3 Å². The number of hydrogen-bond acceptors (Lipinski definition) is 3. The fourth-order valence-corrected chi connectivity index (χ4v) is 2.21. The van der Waals surface area contributed by atoms with E-state index < -0.39 is 5.92 Å². The molecule has 0 N–H and O–H groups in total. The predicted octanol–water partition coefficient (Wildman–Crippen LogP) is 3.01. The lowest BCUT2D eigenvalue weighted by atomic mass is 9.89. The van der Waals surface area contributed by atoms with Crippen molar-refractivity contribution in [2.75, 3.05) is 13.1 Å². The first-order valence-corrected chi connectivity index (χ1v) is 6.68. The van der Waals surface area contributed by atoms with E-state index in [2.05, 4.69) is 30.7 Å². The number of piperidine rings is 1. The van der Waals surface area contributed by atoms with Gasteiger partial charge in [-0.3, -0.25) is 4.90 Å². The number of alkyl halides is 2. The van der Waals surface area contributed by atoms with Gasteiger partial charge < -0.3 is 0 Å². The Morgan fingerprint density at radius 3 is 2.42 bits per heavy atom. The van der Waals surface area contributed by atoms with Crippen LogP contribution in [0.4, 0.5) is 8.78 Å². The highest BCUT2D eigenvalue weighted by Crippen LogP contribution is 2.27. The summed E-state index contributed by atoms with van der Waals surface area (Å²) in [6, 6.07) is 0. The smallest absolute Gasteiger partial charge is 0.260 e. The molecule has 0 aliphatic carbocycles. The molecule has 19 heavy (non-hydrogen) atoms. The van der Waals surface area contributed by atoms with Crippen LogP contribution >= 0.6 is 0 Å². The highest BCUT2D eigenvalue weighted by molar-refractivity contribution is 5.15. The molecule has 1 aliphatic rings. The van der Waals surface area contributed by atoms with Crippen LogP contribution in [-0.2, 0) is 12.0 Å². The third kappa shape index (κ3) is 3.93. The van der Waals surface area contributed by atoms with Crippen molar-refractivity contribution in [3.8, 4) is 0 Å². The van der Waals surface area contributed by atoms with Crippen LogP contribution in [0.2, 0.25) is 0 Å². The molecule has 0 unspecified atom stereocenters. The zero-order chi connectivity index (χ0) is 14.1. The average Bonchev–Trinajstić information content (AvgIpc) is 2.27. The maximum Gasteiger partial charge on any atom is 0.260 e. The van der Waals surface area contributed by atoms with Crippen LogP contribution in [0.1, 0.15) is 45.0 Å². The molecule has 0 amide bonds. The summed E-state index contributed by atoms with van der Waals surface area (Å²) >= 11 is 0. The van der Waals surface area contributed by atoms with Gasteiger partial charge in [-0.2, -0.15) is 0 Å². The Morgan fingerprint density at radius 1 is 1.26 bits per heavy atom. The predicted molar refractivity (Wildman–Crippen MR) is 70.2 cm³/mol. The lowest BCUT2D eigenvalue weighted by Crippen LogP contribution is -2.42. The number of halogens is 2. The molecule has 0 saturated carbocycles. The molecular formula is C14H21F2N3. The summed E-state index contributed by atoms with van der Waals surface area (Å²) in [5, 5.41) is 0. The minimum atomic E-state index is -2.57. The van der Waals surface area contributed by atoms with Crippen molar-refractivity contribution in [3.05, 3.63) is 23.8 Å². The summed E-state index contributed by atoms with van der Waals surface area (Å²) in [4.78, 5) is 10.3. The third-order valence-electron chi connectivity index (χ3n) is 3.41. The van der Waals surface area contributed by atoms with Gasteiger partial charge in [0.15, 0.2) is 0 Å². The molecule has 1 aliphatic heterocycles. The van der Waals surface area contributed by atoms with Crippen molar-refractivity contribution in [3.63, 3.8) is 0 Å². The number of hydrogen-bond donors (Lipinski definition) is 0. The van der Waals surface area contributed by atoms with Crippen molar-refractivity contribution in [2.45, 2.75) is 51.5 Å². The normalized spacial score (nSPS) is 20.5. The second-order valence-electron chi connectivity index (χ2n) is 6.31. The van der Waals surface area contributed by atoms with Gasteiger partial charge >= 0.3 is 0 Å². The Morgan fingerprint density at radius 2 is 1.89 bits per heavy atom. The van der Waals surface area contributed by atoms with Gasteiger partial charge in [0.25, 0.3) is 5.92 Å². The van der Waals surface area contributed by atoms with Gasteiger partial charge in [0.1, 0.15) is 5.82 Å². The summed E-state index contributed by atoms with van der Waals surface area (Å²) in [5.41, 5.74) is 1.07. The van der Waals surface area contributed by atoms with E-state index in [1.165, 1.54) is 0 Å². The molecule has 1 fully saturated rings. The largest absolute Gasteiger partial charge is 0.290 e. The maximum absolute atomic E-state index is 13.3.